The molecule has 0 radical (unpaired) electrons. The Balaban J connectivity index is 0.890. The normalized spacial score (nSPS) is 21.4. The van der Waals surface area contributed by atoms with Gasteiger partial charge in [0.25, 0.3) is 0 Å². The maximum Gasteiger partial charge on any atom is 0.0468 e. The smallest absolute Gasteiger partial charge is 0.0468 e. The molecule has 1 heteroatoms. The minimum absolute atomic E-state index is 0.105. The summed E-state index contributed by atoms with van der Waals surface area (Å²) in [6.07, 6.45) is 8.72. The SMILES string of the molecule is CC1(C)c2ccccc2-c2ccc(N(c3ccc(-c4ccc(-c5ccc(C67CC8CC(CC(C8)C6)C7)cc5)cc4)cc3)c3ccc(-c4ccccc4)c(-c4ccccc4)c3)cc21. The summed E-state index contributed by atoms with van der Waals surface area (Å²) in [5.41, 5.74) is 20.7. The Bertz CT molecular complexity index is 2890. The van der Waals surface area contributed by atoms with Crippen molar-refractivity contribution in [3.63, 3.8) is 0 Å². The topological polar surface area (TPSA) is 3.24 Å². The number of benzene rings is 8. The summed E-state index contributed by atoms with van der Waals surface area (Å²) >= 11 is 0. The van der Waals surface area contributed by atoms with E-state index in [4.69, 9.17) is 0 Å². The molecule has 4 fully saturated rings. The van der Waals surface area contributed by atoms with Crippen molar-refractivity contribution in [1.82, 2.24) is 0 Å². The monoisotopic (exact) mass is 799 g/mol. The van der Waals surface area contributed by atoms with E-state index < -0.39 is 0 Å². The van der Waals surface area contributed by atoms with Crippen LogP contribution in [0.25, 0.3) is 55.6 Å². The standard InChI is InChI=1S/C61H53N/c1-60(2)58-16-10-9-15-55(58)56-32-30-53(37-59(56)60)62(52-29-31-54(48-11-5-3-6-12-48)57(36-52)49-13-7-4-8-14-49)51-27-23-47(24-28-51)45-19-17-44(18-20-45)46-21-25-50(26-22-46)61-38-41-33-42(39-61)35-43(34-41)40-61/h3-32,36-37,41-43H,33-35,38-40H2,1-2H3. The summed E-state index contributed by atoms with van der Waals surface area (Å²) in [4.78, 5) is 2.44. The average Bonchev–Trinajstić information content (AvgIpc) is 3.55. The van der Waals surface area contributed by atoms with Gasteiger partial charge in [-0.05, 0) is 170 Å². The highest BCUT2D eigenvalue weighted by atomic mass is 15.1. The van der Waals surface area contributed by atoms with Crippen LogP contribution in [0.5, 0.6) is 0 Å². The molecule has 8 aromatic carbocycles. The molecule has 5 aliphatic carbocycles. The lowest BCUT2D eigenvalue weighted by Crippen LogP contribution is -2.48. The first-order chi connectivity index (χ1) is 30.4. The highest BCUT2D eigenvalue weighted by molar-refractivity contribution is 5.90. The lowest BCUT2D eigenvalue weighted by Gasteiger charge is -2.57. The largest absolute Gasteiger partial charge is 0.310 e. The first kappa shape index (κ1) is 37.3. The van der Waals surface area contributed by atoms with Crippen LogP contribution in [0.15, 0.2) is 194 Å². The van der Waals surface area contributed by atoms with E-state index in [2.05, 4.69) is 213 Å². The third-order valence-electron chi connectivity index (χ3n) is 15.5. The number of anilines is 3. The number of hydrogen-bond donors (Lipinski definition) is 0. The maximum absolute atomic E-state index is 2.47. The van der Waals surface area contributed by atoms with E-state index in [1.807, 2.05) is 0 Å². The summed E-state index contributed by atoms with van der Waals surface area (Å²) < 4.78 is 0. The number of hydrogen-bond acceptors (Lipinski definition) is 1. The third kappa shape index (κ3) is 6.27. The zero-order chi connectivity index (χ0) is 41.4. The van der Waals surface area contributed by atoms with Gasteiger partial charge in [-0.15, -0.1) is 0 Å². The predicted octanol–water partition coefficient (Wildman–Crippen LogP) is 16.6. The van der Waals surface area contributed by atoms with Crippen LogP contribution in [-0.4, -0.2) is 0 Å². The van der Waals surface area contributed by atoms with Crippen LogP contribution in [-0.2, 0) is 10.8 Å². The van der Waals surface area contributed by atoms with Crippen molar-refractivity contribution in [2.75, 3.05) is 4.90 Å². The van der Waals surface area contributed by atoms with Crippen molar-refractivity contribution in [2.45, 2.75) is 63.2 Å². The van der Waals surface area contributed by atoms with Gasteiger partial charge in [0.2, 0.25) is 0 Å². The molecule has 0 saturated heterocycles. The highest BCUT2D eigenvalue weighted by Crippen LogP contribution is 2.61. The molecule has 302 valence electrons. The van der Waals surface area contributed by atoms with Gasteiger partial charge >= 0.3 is 0 Å². The van der Waals surface area contributed by atoms with E-state index in [-0.39, 0.29) is 5.41 Å². The fourth-order valence-electron chi connectivity index (χ4n) is 12.8. The molecule has 0 atom stereocenters. The number of fused-ring (bicyclic) bond motifs is 3. The van der Waals surface area contributed by atoms with Crippen LogP contribution in [0, 0.1) is 17.8 Å². The number of nitrogens with zero attached hydrogens (tertiary/aromatic N) is 1. The summed E-state index contributed by atoms with van der Waals surface area (Å²) in [6, 6.07) is 72.7. The molecule has 4 bridgehead atoms. The van der Waals surface area contributed by atoms with E-state index in [0.717, 1.165) is 34.8 Å². The fourth-order valence-corrected chi connectivity index (χ4v) is 12.8. The van der Waals surface area contributed by atoms with Gasteiger partial charge in [-0.2, -0.15) is 0 Å². The molecule has 4 saturated carbocycles. The molecular formula is C61H53N. The highest BCUT2D eigenvalue weighted by Gasteiger charge is 2.51. The summed E-state index contributed by atoms with van der Waals surface area (Å²) in [5, 5.41) is 0. The Morgan fingerprint density at radius 1 is 0.355 bits per heavy atom. The Hall–Kier alpha value is -6.44. The van der Waals surface area contributed by atoms with E-state index in [1.165, 1.54) is 105 Å². The zero-order valence-corrected chi connectivity index (χ0v) is 35.9. The fraction of sp³-hybridized carbons (Fsp3) is 0.213. The molecule has 0 unspecified atom stereocenters. The second-order valence-corrected chi connectivity index (χ2v) is 19.6. The molecule has 13 rings (SSSR count). The Labute approximate surface area is 367 Å². The quantitative estimate of drug-likeness (QED) is 0.148. The van der Waals surface area contributed by atoms with Gasteiger partial charge in [0, 0.05) is 22.5 Å². The van der Waals surface area contributed by atoms with E-state index in [9.17, 15) is 0 Å². The van der Waals surface area contributed by atoms with Crippen LogP contribution in [0.4, 0.5) is 17.1 Å². The minimum Gasteiger partial charge on any atom is -0.310 e. The Morgan fingerprint density at radius 2 is 0.790 bits per heavy atom. The van der Waals surface area contributed by atoms with Crippen molar-refractivity contribution in [1.29, 1.82) is 0 Å². The van der Waals surface area contributed by atoms with Gasteiger partial charge in [0.15, 0.2) is 0 Å². The van der Waals surface area contributed by atoms with Crippen molar-refractivity contribution in [3.05, 3.63) is 211 Å². The van der Waals surface area contributed by atoms with Crippen LogP contribution in [0.1, 0.15) is 69.1 Å². The lowest BCUT2D eigenvalue weighted by atomic mass is 9.48. The number of rotatable bonds is 8. The van der Waals surface area contributed by atoms with Gasteiger partial charge in [-0.1, -0.05) is 172 Å². The third-order valence-corrected chi connectivity index (χ3v) is 15.5. The van der Waals surface area contributed by atoms with Crippen LogP contribution in [0.2, 0.25) is 0 Å². The summed E-state index contributed by atoms with van der Waals surface area (Å²) in [6.45, 7) is 4.73. The minimum atomic E-state index is -0.105. The van der Waals surface area contributed by atoms with Crippen LogP contribution >= 0.6 is 0 Å². The summed E-state index contributed by atoms with van der Waals surface area (Å²) in [7, 11) is 0. The molecule has 0 amide bonds. The molecule has 1 nitrogen and oxygen atoms in total. The molecule has 0 heterocycles. The predicted molar refractivity (Wildman–Crippen MR) is 260 cm³/mol. The first-order valence-corrected chi connectivity index (χ1v) is 23.0. The van der Waals surface area contributed by atoms with Gasteiger partial charge in [0.05, 0.1) is 0 Å². The van der Waals surface area contributed by atoms with Crippen molar-refractivity contribution >= 4 is 17.1 Å². The van der Waals surface area contributed by atoms with Crippen molar-refractivity contribution in [2.24, 2.45) is 17.8 Å². The lowest BCUT2D eigenvalue weighted by molar-refractivity contribution is -0.00518. The molecule has 0 aliphatic heterocycles. The summed E-state index contributed by atoms with van der Waals surface area (Å²) in [5.74, 6) is 2.90. The molecule has 5 aliphatic rings. The molecule has 62 heavy (non-hydrogen) atoms. The maximum atomic E-state index is 2.47. The second-order valence-electron chi connectivity index (χ2n) is 19.6. The first-order valence-electron chi connectivity index (χ1n) is 23.0. The molecule has 0 aromatic heterocycles. The van der Waals surface area contributed by atoms with E-state index in [1.54, 1.807) is 5.56 Å². The molecule has 0 N–H and O–H groups in total. The Morgan fingerprint density at radius 3 is 1.37 bits per heavy atom. The zero-order valence-electron chi connectivity index (χ0n) is 35.9. The van der Waals surface area contributed by atoms with Gasteiger partial charge in [-0.3, -0.25) is 0 Å². The van der Waals surface area contributed by atoms with E-state index in [0.29, 0.717) is 5.41 Å². The molecule has 0 spiro atoms. The van der Waals surface area contributed by atoms with Crippen molar-refractivity contribution < 1.29 is 0 Å². The average molecular weight is 800 g/mol. The molecular weight excluding hydrogens is 747 g/mol. The van der Waals surface area contributed by atoms with Gasteiger partial charge in [0.1, 0.15) is 0 Å². The van der Waals surface area contributed by atoms with Crippen molar-refractivity contribution in [3.8, 4) is 55.6 Å². The second kappa shape index (κ2) is 14.6. The Kier molecular flexibility index (Phi) is 8.79. The van der Waals surface area contributed by atoms with Gasteiger partial charge in [-0.25, -0.2) is 0 Å². The van der Waals surface area contributed by atoms with E-state index >= 15 is 0 Å². The van der Waals surface area contributed by atoms with Gasteiger partial charge < -0.3 is 4.90 Å². The van der Waals surface area contributed by atoms with Crippen LogP contribution in [0.3, 0.4) is 0 Å². The van der Waals surface area contributed by atoms with Crippen LogP contribution < -0.4 is 4.90 Å². The molecule has 8 aromatic rings.